The Kier molecular flexibility index (Phi) is 7.63. The topological polar surface area (TPSA) is 101 Å². The molecule has 200 valence electrons. The average Bonchev–Trinajstić information content (AvgIpc) is 3.60. The molecule has 3 heterocycles. The van der Waals surface area contributed by atoms with Crippen molar-refractivity contribution in [2.24, 2.45) is 0 Å². The van der Waals surface area contributed by atoms with Crippen molar-refractivity contribution in [1.29, 1.82) is 0 Å². The molecule has 2 unspecified atom stereocenters. The number of tetrazole rings is 1. The van der Waals surface area contributed by atoms with Crippen molar-refractivity contribution >= 4 is 17.3 Å². The van der Waals surface area contributed by atoms with E-state index in [1.54, 1.807) is 6.92 Å². The van der Waals surface area contributed by atoms with Crippen molar-refractivity contribution in [2.75, 3.05) is 37.6 Å². The van der Waals surface area contributed by atoms with Crippen LogP contribution in [0.1, 0.15) is 24.4 Å². The molecule has 10 nitrogen and oxygen atoms in total. The largest absolute Gasteiger partial charge is 0.381 e. The van der Waals surface area contributed by atoms with E-state index >= 15 is 0 Å². The van der Waals surface area contributed by atoms with E-state index < -0.39 is 23.3 Å². The highest BCUT2D eigenvalue weighted by Crippen LogP contribution is 2.36. The molecule has 38 heavy (non-hydrogen) atoms. The van der Waals surface area contributed by atoms with Crippen LogP contribution in [0.3, 0.4) is 0 Å². The molecule has 0 amide bonds. The molecule has 0 aliphatic carbocycles. The van der Waals surface area contributed by atoms with E-state index in [-0.39, 0.29) is 12.1 Å². The number of hydrogen-bond donors (Lipinski definition) is 1. The summed E-state index contributed by atoms with van der Waals surface area (Å²) in [6.07, 6.45) is 3.29. The predicted octanol–water partition coefficient (Wildman–Crippen LogP) is 2.71. The van der Waals surface area contributed by atoms with Crippen LogP contribution in [0.15, 0.2) is 55.1 Å². The van der Waals surface area contributed by atoms with Gasteiger partial charge in [0.15, 0.2) is 5.82 Å². The summed E-state index contributed by atoms with van der Waals surface area (Å²) in [5.41, 5.74) is -0.801. The number of piperazine rings is 1. The maximum Gasteiger partial charge on any atom is 0.176 e. The van der Waals surface area contributed by atoms with Gasteiger partial charge in [0.2, 0.25) is 0 Å². The molecular weight excluding hydrogens is 516 g/mol. The molecule has 0 spiro atoms. The molecule has 4 aromatic rings. The summed E-state index contributed by atoms with van der Waals surface area (Å²) in [5, 5.41) is 29.3. The monoisotopic (exact) mass is 543 g/mol. The predicted molar refractivity (Wildman–Crippen MR) is 137 cm³/mol. The van der Waals surface area contributed by atoms with Crippen molar-refractivity contribution in [1.82, 2.24) is 39.9 Å². The van der Waals surface area contributed by atoms with Gasteiger partial charge in [0.1, 0.15) is 35.9 Å². The minimum atomic E-state index is -1.86. The molecule has 2 atom stereocenters. The smallest absolute Gasteiger partial charge is 0.176 e. The molecule has 2 aromatic carbocycles. The van der Waals surface area contributed by atoms with Crippen molar-refractivity contribution < 1.29 is 13.9 Å². The zero-order valence-corrected chi connectivity index (χ0v) is 21.6. The third kappa shape index (κ3) is 5.66. The number of hydrogen-bond acceptors (Lipinski definition) is 8. The van der Waals surface area contributed by atoms with Gasteiger partial charge in [-0.3, -0.25) is 4.90 Å². The van der Waals surface area contributed by atoms with Crippen LogP contribution in [0.25, 0.3) is 0 Å². The average molecular weight is 544 g/mol. The summed E-state index contributed by atoms with van der Waals surface area (Å²) in [6, 6.07) is 10.1. The number of nitrogens with zero attached hydrogens (tertiary/aromatic N) is 9. The van der Waals surface area contributed by atoms with Gasteiger partial charge in [-0.25, -0.2) is 18.4 Å². The molecule has 1 aliphatic rings. The first-order chi connectivity index (χ1) is 18.3. The van der Waals surface area contributed by atoms with Gasteiger partial charge < -0.3 is 10.0 Å². The number of rotatable bonds is 9. The normalized spacial score (nSPS) is 16.9. The maximum atomic E-state index is 14.8. The van der Waals surface area contributed by atoms with Crippen LogP contribution in [0.2, 0.25) is 5.02 Å². The van der Waals surface area contributed by atoms with E-state index in [2.05, 4.69) is 35.3 Å². The van der Waals surface area contributed by atoms with E-state index in [0.717, 1.165) is 55.6 Å². The highest BCUT2D eigenvalue weighted by molar-refractivity contribution is 6.30. The molecular formula is C25H28ClF2N9O. The minimum Gasteiger partial charge on any atom is -0.381 e. The summed E-state index contributed by atoms with van der Waals surface area (Å²) in [7, 11) is 0. The van der Waals surface area contributed by atoms with Crippen LogP contribution in [0.4, 0.5) is 14.5 Å². The first-order valence-electron chi connectivity index (χ1n) is 12.3. The third-order valence-electron chi connectivity index (χ3n) is 6.99. The van der Waals surface area contributed by atoms with Gasteiger partial charge in [0.25, 0.3) is 0 Å². The standard InChI is InChI=1S/C25H28ClF2N9O/c1-18(25(38,15-36-17-29-16-30-36)22-7-4-20(27)14-23(22)28)37-32-24(31-33-37)8-9-34-10-12-35(13-11-34)21-5-2-19(26)3-6-21/h2-7,14,16-18,38H,8-13,15H2,1H3. The molecule has 1 aliphatic heterocycles. The van der Waals surface area contributed by atoms with Crippen molar-refractivity contribution in [3.63, 3.8) is 0 Å². The second-order valence-electron chi connectivity index (χ2n) is 9.40. The van der Waals surface area contributed by atoms with Gasteiger partial charge in [-0.1, -0.05) is 17.7 Å². The van der Waals surface area contributed by atoms with Crippen LogP contribution in [-0.4, -0.2) is 77.7 Å². The van der Waals surface area contributed by atoms with Gasteiger partial charge in [0.05, 0.1) is 6.54 Å². The summed E-state index contributed by atoms with van der Waals surface area (Å²) in [5.74, 6) is -1.10. The molecule has 1 N–H and O–H groups in total. The Hall–Kier alpha value is -3.48. The van der Waals surface area contributed by atoms with E-state index in [9.17, 15) is 13.9 Å². The Morgan fingerprint density at radius 3 is 2.53 bits per heavy atom. The first-order valence-corrected chi connectivity index (χ1v) is 12.7. The number of benzene rings is 2. The van der Waals surface area contributed by atoms with Crippen molar-refractivity contribution in [3.8, 4) is 0 Å². The zero-order valence-electron chi connectivity index (χ0n) is 20.8. The molecule has 0 radical (unpaired) electrons. The fraction of sp³-hybridized carbons (Fsp3) is 0.400. The minimum absolute atomic E-state index is 0.0979. The molecule has 13 heteroatoms. The summed E-state index contributed by atoms with van der Waals surface area (Å²) >= 11 is 6.00. The van der Waals surface area contributed by atoms with Crippen LogP contribution in [0.5, 0.6) is 0 Å². The van der Waals surface area contributed by atoms with E-state index in [1.165, 1.54) is 28.2 Å². The van der Waals surface area contributed by atoms with Crippen LogP contribution < -0.4 is 4.90 Å². The highest BCUT2D eigenvalue weighted by atomic mass is 35.5. The second kappa shape index (κ2) is 11.1. The lowest BCUT2D eigenvalue weighted by Gasteiger charge is -2.36. The second-order valence-corrected chi connectivity index (χ2v) is 9.84. The fourth-order valence-corrected chi connectivity index (χ4v) is 4.82. The van der Waals surface area contributed by atoms with Crippen molar-refractivity contribution in [2.45, 2.75) is 31.5 Å². The van der Waals surface area contributed by atoms with Gasteiger partial charge in [-0.2, -0.15) is 9.90 Å². The summed E-state index contributed by atoms with van der Waals surface area (Å²) in [4.78, 5) is 9.83. The number of aliphatic hydroxyl groups is 1. The van der Waals surface area contributed by atoms with Crippen LogP contribution in [-0.2, 0) is 18.6 Å². The number of anilines is 1. The van der Waals surface area contributed by atoms with E-state index in [1.807, 2.05) is 24.3 Å². The van der Waals surface area contributed by atoms with Gasteiger partial charge in [-0.15, -0.1) is 10.2 Å². The first kappa shape index (κ1) is 26.1. The molecule has 5 rings (SSSR count). The summed E-state index contributed by atoms with van der Waals surface area (Å²) < 4.78 is 29.8. The molecule has 0 saturated carbocycles. The van der Waals surface area contributed by atoms with E-state index in [0.29, 0.717) is 12.2 Å². The van der Waals surface area contributed by atoms with Crippen LogP contribution >= 0.6 is 11.6 Å². The zero-order chi connectivity index (χ0) is 26.7. The Morgan fingerprint density at radius 2 is 1.84 bits per heavy atom. The maximum absolute atomic E-state index is 14.8. The van der Waals surface area contributed by atoms with E-state index in [4.69, 9.17) is 11.6 Å². The fourth-order valence-electron chi connectivity index (χ4n) is 4.69. The molecule has 2 aromatic heterocycles. The Bertz CT molecular complexity index is 1340. The molecule has 1 saturated heterocycles. The Morgan fingerprint density at radius 1 is 1.08 bits per heavy atom. The van der Waals surface area contributed by atoms with Crippen molar-refractivity contribution in [3.05, 3.63) is 83.2 Å². The van der Waals surface area contributed by atoms with Gasteiger partial charge in [0, 0.05) is 61.5 Å². The van der Waals surface area contributed by atoms with Gasteiger partial charge in [-0.05, 0) is 42.5 Å². The lowest BCUT2D eigenvalue weighted by Crippen LogP contribution is -2.47. The third-order valence-corrected chi connectivity index (χ3v) is 7.24. The van der Waals surface area contributed by atoms with Gasteiger partial charge >= 0.3 is 0 Å². The number of aromatic nitrogens is 7. The highest BCUT2D eigenvalue weighted by Gasteiger charge is 2.41. The Balaban J connectivity index is 1.24. The Labute approximate surface area is 223 Å². The molecule has 1 fully saturated rings. The quantitative estimate of drug-likeness (QED) is 0.344. The summed E-state index contributed by atoms with van der Waals surface area (Å²) in [6.45, 7) is 5.86. The van der Waals surface area contributed by atoms with Crippen LogP contribution in [0, 0.1) is 11.6 Å². The molecule has 0 bridgehead atoms. The number of halogens is 3. The lowest BCUT2D eigenvalue weighted by atomic mass is 9.86. The SMILES string of the molecule is CC(n1nnc(CCN2CCN(c3ccc(Cl)cc3)CC2)n1)C(O)(Cn1cncn1)c1ccc(F)cc1F. The lowest BCUT2D eigenvalue weighted by molar-refractivity contribution is -0.0418.